The Labute approximate surface area is 146 Å². The van der Waals surface area contributed by atoms with Crippen LogP contribution < -0.4 is 4.72 Å². The molecule has 0 aromatic heterocycles. The molecule has 130 valence electrons. The standard InChI is InChI=1S/C19H18FNO3S/c1-24-19(16-7-4-8-17(20)11-16)13-21-25(22,23)18-10-9-14-5-2-3-6-15(14)12-18/h2-12,19,21H,13H2,1H3. The zero-order chi connectivity index (χ0) is 17.9. The van der Waals surface area contributed by atoms with Gasteiger partial charge in [0.2, 0.25) is 10.0 Å². The van der Waals surface area contributed by atoms with Crippen molar-refractivity contribution < 1.29 is 17.5 Å². The van der Waals surface area contributed by atoms with Crippen LogP contribution in [0.25, 0.3) is 10.8 Å². The minimum absolute atomic E-state index is 0.00904. The van der Waals surface area contributed by atoms with E-state index in [9.17, 15) is 12.8 Å². The van der Waals surface area contributed by atoms with E-state index in [1.165, 1.54) is 19.2 Å². The Bertz CT molecular complexity index is 989. The monoisotopic (exact) mass is 359 g/mol. The van der Waals surface area contributed by atoms with Gasteiger partial charge < -0.3 is 4.74 Å². The lowest BCUT2D eigenvalue weighted by molar-refractivity contribution is 0.107. The summed E-state index contributed by atoms with van der Waals surface area (Å²) in [5.74, 6) is -0.392. The van der Waals surface area contributed by atoms with Gasteiger partial charge in [0.15, 0.2) is 0 Å². The van der Waals surface area contributed by atoms with Gasteiger partial charge >= 0.3 is 0 Å². The molecule has 1 atom stereocenters. The van der Waals surface area contributed by atoms with Crippen LogP contribution in [-0.2, 0) is 14.8 Å². The van der Waals surface area contributed by atoms with E-state index >= 15 is 0 Å². The number of hydrogen-bond acceptors (Lipinski definition) is 3. The highest BCUT2D eigenvalue weighted by molar-refractivity contribution is 7.89. The number of nitrogens with one attached hydrogen (secondary N) is 1. The van der Waals surface area contributed by atoms with E-state index in [1.54, 1.807) is 30.3 Å². The summed E-state index contributed by atoms with van der Waals surface area (Å²) in [7, 11) is -2.24. The number of ether oxygens (including phenoxy) is 1. The van der Waals surface area contributed by atoms with Crippen LogP contribution in [0.3, 0.4) is 0 Å². The highest BCUT2D eigenvalue weighted by atomic mass is 32.2. The molecule has 0 heterocycles. The zero-order valence-electron chi connectivity index (χ0n) is 13.6. The Hall–Kier alpha value is -2.28. The van der Waals surface area contributed by atoms with Crippen LogP contribution in [-0.4, -0.2) is 22.1 Å². The molecule has 6 heteroatoms. The summed E-state index contributed by atoms with van der Waals surface area (Å²) in [5, 5.41) is 1.81. The van der Waals surface area contributed by atoms with E-state index in [4.69, 9.17) is 4.74 Å². The third-order valence-corrected chi connectivity index (χ3v) is 5.42. The van der Waals surface area contributed by atoms with Gasteiger partial charge in [-0.1, -0.05) is 42.5 Å². The molecule has 0 aliphatic carbocycles. The van der Waals surface area contributed by atoms with Gasteiger partial charge in [0.1, 0.15) is 5.82 Å². The van der Waals surface area contributed by atoms with Crippen LogP contribution in [0.1, 0.15) is 11.7 Å². The van der Waals surface area contributed by atoms with E-state index in [1.807, 2.05) is 24.3 Å². The second-order valence-electron chi connectivity index (χ2n) is 5.64. The van der Waals surface area contributed by atoms with Crippen LogP contribution in [0.4, 0.5) is 4.39 Å². The molecule has 0 amide bonds. The fraction of sp³-hybridized carbons (Fsp3) is 0.158. The number of sulfonamides is 1. The van der Waals surface area contributed by atoms with Crippen molar-refractivity contribution in [3.63, 3.8) is 0 Å². The lowest BCUT2D eigenvalue weighted by atomic mass is 10.1. The number of methoxy groups -OCH3 is 1. The third kappa shape index (κ3) is 4.04. The molecule has 0 aliphatic heterocycles. The summed E-state index contributed by atoms with van der Waals surface area (Å²) < 4.78 is 46.3. The summed E-state index contributed by atoms with van der Waals surface area (Å²) in [6.07, 6.45) is -0.578. The number of benzene rings is 3. The lowest BCUT2D eigenvalue weighted by Crippen LogP contribution is -2.29. The van der Waals surface area contributed by atoms with E-state index in [2.05, 4.69) is 4.72 Å². The Morgan fingerprint density at radius 2 is 1.76 bits per heavy atom. The van der Waals surface area contributed by atoms with Crippen molar-refractivity contribution >= 4 is 20.8 Å². The minimum Gasteiger partial charge on any atom is -0.375 e. The van der Waals surface area contributed by atoms with Crippen molar-refractivity contribution in [1.29, 1.82) is 0 Å². The van der Waals surface area contributed by atoms with Crippen LogP contribution in [0.5, 0.6) is 0 Å². The van der Waals surface area contributed by atoms with Crippen molar-refractivity contribution in [1.82, 2.24) is 4.72 Å². The first kappa shape index (κ1) is 17.5. The van der Waals surface area contributed by atoms with Crippen LogP contribution in [0.2, 0.25) is 0 Å². The molecule has 0 saturated heterocycles. The molecule has 0 bridgehead atoms. The fourth-order valence-corrected chi connectivity index (χ4v) is 3.71. The zero-order valence-corrected chi connectivity index (χ0v) is 14.5. The lowest BCUT2D eigenvalue weighted by Gasteiger charge is -2.17. The van der Waals surface area contributed by atoms with Gasteiger partial charge in [0.05, 0.1) is 11.0 Å². The molecule has 1 unspecified atom stereocenters. The number of hydrogen-bond donors (Lipinski definition) is 1. The van der Waals surface area contributed by atoms with Crippen molar-refractivity contribution in [2.24, 2.45) is 0 Å². The average molecular weight is 359 g/mol. The van der Waals surface area contributed by atoms with Crippen molar-refractivity contribution in [2.75, 3.05) is 13.7 Å². The normalized spacial score (nSPS) is 13.0. The van der Waals surface area contributed by atoms with Gasteiger partial charge in [-0.05, 0) is 40.6 Å². The van der Waals surface area contributed by atoms with Gasteiger partial charge in [0, 0.05) is 13.7 Å². The molecule has 3 aromatic rings. The van der Waals surface area contributed by atoms with Crippen molar-refractivity contribution in [3.8, 4) is 0 Å². The predicted molar refractivity (Wildman–Crippen MR) is 95.3 cm³/mol. The minimum atomic E-state index is -3.70. The number of rotatable bonds is 6. The molecule has 0 radical (unpaired) electrons. The summed E-state index contributed by atoms with van der Waals surface area (Å²) in [6.45, 7) is 0.00904. The second-order valence-corrected chi connectivity index (χ2v) is 7.41. The molecule has 0 saturated carbocycles. The molecule has 0 aliphatic rings. The number of halogens is 1. The van der Waals surface area contributed by atoms with E-state index in [0.717, 1.165) is 10.8 Å². The second kappa shape index (κ2) is 7.31. The summed E-state index contributed by atoms with van der Waals surface area (Å²) in [4.78, 5) is 0.181. The molecule has 4 nitrogen and oxygen atoms in total. The summed E-state index contributed by atoms with van der Waals surface area (Å²) in [6, 6.07) is 18.4. The topological polar surface area (TPSA) is 55.4 Å². The first-order valence-electron chi connectivity index (χ1n) is 7.76. The quantitative estimate of drug-likeness (QED) is 0.731. The summed E-state index contributed by atoms with van der Waals surface area (Å²) >= 11 is 0. The maximum atomic E-state index is 13.4. The summed E-state index contributed by atoms with van der Waals surface area (Å²) in [5.41, 5.74) is 0.573. The molecular formula is C19H18FNO3S. The smallest absolute Gasteiger partial charge is 0.240 e. The Morgan fingerprint density at radius 3 is 2.48 bits per heavy atom. The van der Waals surface area contributed by atoms with E-state index < -0.39 is 21.9 Å². The van der Waals surface area contributed by atoms with Crippen LogP contribution in [0, 0.1) is 5.82 Å². The molecule has 3 rings (SSSR count). The van der Waals surface area contributed by atoms with Crippen LogP contribution in [0.15, 0.2) is 71.6 Å². The first-order chi connectivity index (χ1) is 12.0. The molecule has 1 N–H and O–H groups in total. The number of fused-ring (bicyclic) bond motifs is 1. The predicted octanol–water partition coefficient (Wildman–Crippen LogP) is 3.64. The molecule has 25 heavy (non-hydrogen) atoms. The molecule has 0 spiro atoms. The highest BCUT2D eigenvalue weighted by Crippen LogP contribution is 2.21. The maximum Gasteiger partial charge on any atom is 0.240 e. The van der Waals surface area contributed by atoms with Crippen molar-refractivity contribution in [2.45, 2.75) is 11.0 Å². The maximum absolute atomic E-state index is 13.4. The Morgan fingerprint density at radius 1 is 1.00 bits per heavy atom. The third-order valence-electron chi connectivity index (χ3n) is 3.99. The largest absolute Gasteiger partial charge is 0.375 e. The van der Waals surface area contributed by atoms with E-state index in [0.29, 0.717) is 5.56 Å². The van der Waals surface area contributed by atoms with Crippen molar-refractivity contribution in [3.05, 3.63) is 78.1 Å². The van der Waals surface area contributed by atoms with Crippen LogP contribution >= 0.6 is 0 Å². The highest BCUT2D eigenvalue weighted by Gasteiger charge is 2.18. The fourth-order valence-electron chi connectivity index (χ4n) is 2.65. The molecule has 0 fully saturated rings. The average Bonchev–Trinajstić information content (AvgIpc) is 2.62. The van der Waals surface area contributed by atoms with Gasteiger partial charge in [-0.25, -0.2) is 17.5 Å². The molecular weight excluding hydrogens is 341 g/mol. The Balaban J connectivity index is 1.80. The Kier molecular flexibility index (Phi) is 5.13. The van der Waals surface area contributed by atoms with E-state index in [-0.39, 0.29) is 11.4 Å². The van der Waals surface area contributed by atoms with Gasteiger partial charge in [0.25, 0.3) is 0 Å². The van der Waals surface area contributed by atoms with Gasteiger partial charge in [-0.2, -0.15) is 0 Å². The SMILES string of the molecule is COC(CNS(=O)(=O)c1ccc2ccccc2c1)c1cccc(F)c1. The van der Waals surface area contributed by atoms with Gasteiger partial charge in [-0.15, -0.1) is 0 Å². The molecule has 3 aromatic carbocycles. The van der Waals surface area contributed by atoms with Gasteiger partial charge in [-0.3, -0.25) is 0 Å². The first-order valence-corrected chi connectivity index (χ1v) is 9.24.